The summed E-state index contributed by atoms with van der Waals surface area (Å²) in [6, 6.07) is 28.6. The summed E-state index contributed by atoms with van der Waals surface area (Å²) in [5.74, 6) is -0.175. The second-order valence-corrected chi connectivity index (χ2v) is 7.46. The molecule has 31 heavy (non-hydrogen) atoms. The summed E-state index contributed by atoms with van der Waals surface area (Å²) < 4.78 is 0. The number of nitrogens with zero attached hydrogens (tertiary/aromatic N) is 1. The summed E-state index contributed by atoms with van der Waals surface area (Å²) in [4.78, 5) is 17.3. The van der Waals surface area contributed by atoms with Gasteiger partial charge in [0.2, 0.25) is 0 Å². The number of rotatable bonds is 7. The number of carbonyl (C=O) groups is 1. The molecule has 4 nitrogen and oxygen atoms in total. The van der Waals surface area contributed by atoms with Crippen LogP contribution in [-0.4, -0.2) is 17.4 Å². The predicted molar refractivity (Wildman–Crippen MR) is 128 cm³/mol. The molecule has 0 atom stereocenters. The van der Waals surface area contributed by atoms with E-state index in [1.54, 1.807) is 6.20 Å². The molecule has 0 spiro atoms. The van der Waals surface area contributed by atoms with Crippen molar-refractivity contribution in [3.8, 4) is 11.1 Å². The minimum Gasteiger partial charge on any atom is -0.385 e. The van der Waals surface area contributed by atoms with Gasteiger partial charge in [0.25, 0.3) is 5.91 Å². The average molecular weight is 428 g/mol. The van der Waals surface area contributed by atoms with Gasteiger partial charge in [-0.2, -0.15) is 0 Å². The highest BCUT2D eigenvalue weighted by Crippen LogP contribution is 2.30. The topological polar surface area (TPSA) is 54.0 Å². The molecular formula is C26H22ClN3O. The van der Waals surface area contributed by atoms with Crippen molar-refractivity contribution in [3.63, 3.8) is 0 Å². The van der Waals surface area contributed by atoms with Crippen LogP contribution in [0.1, 0.15) is 16.1 Å². The van der Waals surface area contributed by atoms with Crippen molar-refractivity contribution in [2.45, 2.75) is 6.42 Å². The van der Waals surface area contributed by atoms with E-state index < -0.39 is 0 Å². The van der Waals surface area contributed by atoms with Crippen molar-refractivity contribution in [3.05, 3.63) is 113 Å². The van der Waals surface area contributed by atoms with Gasteiger partial charge in [-0.3, -0.25) is 9.78 Å². The van der Waals surface area contributed by atoms with Crippen molar-refractivity contribution in [2.75, 3.05) is 17.2 Å². The lowest BCUT2D eigenvalue weighted by Gasteiger charge is -2.12. The van der Waals surface area contributed by atoms with E-state index in [-0.39, 0.29) is 5.91 Å². The lowest BCUT2D eigenvalue weighted by atomic mass is 9.99. The fourth-order valence-corrected chi connectivity index (χ4v) is 3.58. The number of pyridine rings is 1. The van der Waals surface area contributed by atoms with E-state index in [2.05, 4.69) is 15.6 Å². The molecule has 5 heteroatoms. The highest BCUT2D eigenvalue weighted by molar-refractivity contribution is 6.33. The van der Waals surface area contributed by atoms with E-state index in [0.29, 0.717) is 10.6 Å². The van der Waals surface area contributed by atoms with Crippen LogP contribution in [0, 0.1) is 0 Å². The zero-order chi connectivity index (χ0) is 21.5. The standard InChI is InChI=1S/C26H22ClN3O/c27-25-11-4-3-9-23(25)22-8-1-2-10-24(22)26(31)30-21-14-12-20(13-15-21)29-18-16-19-7-5-6-17-28-19/h1-15,17,29H,16,18H2,(H,30,31). The molecule has 0 saturated carbocycles. The van der Waals surface area contributed by atoms with E-state index in [1.165, 1.54) is 0 Å². The molecule has 1 aromatic heterocycles. The predicted octanol–water partition coefficient (Wildman–Crippen LogP) is 6.31. The van der Waals surface area contributed by atoms with E-state index >= 15 is 0 Å². The molecule has 0 saturated heterocycles. The first-order chi connectivity index (χ1) is 15.2. The van der Waals surface area contributed by atoms with Crippen LogP contribution >= 0.6 is 11.6 Å². The highest BCUT2D eigenvalue weighted by atomic mass is 35.5. The van der Waals surface area contributed by atoms with E-state index in [4.69, 9.17) is 11.6 Å². The number of benzene rings is 3. The Balaban J connectivity index is 1.41. The number of anilines is 2. The number of aromatic nitrogens is 1. The van der Waals surface area contributed by atoms with Gasteiger partial charge in [-0.05, 0) is 54.1 Å². The zero-order valence-corrected chi connectivity index (χ0v) is 17.6. The second kappa shape index (κ2) is 9.92. The highest BCUT2D eigenvalue weighted by Gasteiger charge is 2.14. The van der Waals surface area contributed by atoms with Gasteiger partial charge >= 0.3 is 0 Å². The van der Waals surface area contributed by atoms with Crippen molar-refractivity contribution in [1.29, 1.82) is 0 Å². The lowest BCUT2D eigenvalue weighted by molar-refractivity contribution is 0.102. The summed E-state index contributed by atoms with van der Waals surface area (Å²) in [5, 5.41) is 6.97. The maximum atomic E-state index is 13.0. The Labute approximate surface area is 186 Å². The van der Waals surface area contributed by atoms with Gasteiger partial charge in [0.15, 0.2) is 0 Å². The molecule has 3 aromatic carbocycles. The maximum Gasteiger partial charge on any atom is 0.256 e. The molecule has 0 bridgehead atoms. The quantitative estimate of drug-likeness (QED) is 0.363. The Hall–Kier alpha value is -3.63. The monoisotopic (exact) mass is 427 g/mol. The molecule has 0 unspecified atom stereocenters. The Morgan fingerprint density at radius 3 is 2.19 bits per heavy atom. The van der Waals surface area contributed by atoms with Crippen molar-refractivity contribution in [2.24, 2.45) is 0 Å². The molecule has 2 N–H and O–H groups in total. The van der Waals surface area contributed by atoms with E-state index in [9.17, 15) is 4.79 Å². The zero-order valence-electron chi connectivity index (χ0n) is 16.9. The normalized spacial score (nSPS) is 10.5. The fourth-order valence-electron chi connectivity index (χ4n) is 3.35. The summed E-state index contributed by atoms with van der Waals surface area (Å²) in [6.45, 7) is 0.786. The number of hydrogen-bond acceptors (Lipinski definition) is 3. The van der Waals surface area contributed by atoms with Gasteiger partial charge in [-0.25, -0.2) is 0 Å². The molecule has 0 aliphatic carbocycles. The summed E-state index contributed by atoms with van der Waals surface area (Å²) >= 11 is 6.35. The van der Waals surface area contributed by atoms with Crippen LogP contribution in [-0.2, 0) is 6.42 Å². The van der Waals surface area contributed by atoms with Crippen LogP contribution in [0.15, 0.2) is 97.2 Å². The van der Waals surface area contributed by atoms with E-state index in [1.807, 2.05) is 91.0 Å². The van der Waals surface area contributed by atoms with Crippen LogP contribution in [0.5, 0.6) is 0 Å². The molecule has 4 rings (SSSR count). The van der Waals surface area contributed by atoms with Crippen LogP contribution in [0.3, 0.4) is 0 Å². The Kier molecular flexibility index (Phi) is 6.60. The second-order valence-electron chi connectivity index (χ2n) is 7.05. The third kappa shape index (κ3) is 5.30. The minimum atomic E-state index is -0.175. The Morgan fingerprint density at radius 1 is 0.774 bits per heavy atom. The first-order valence-electron chi connectivity index (χ1n) is 10.1. The van der Waals surface area contributed by atoms with Gasteiger partial charge in [-0.1, -0.05) is 54.1 Å². The van der Waals surface area contributed by atoms with Gasteiger partial charge < -0.3 is 10.6 Å². The molecule has 0 radical (unpaired) electrons. The van der Waals surface area contributed by atoms with Crippen molar-refractivity contribution < 1.29 is 4.79 Å². The summed E-state index contributed by atoms with van der Waals surface area (Å²) in [5.41, 5.74) is 4.99. The van der Waals surface area contributed by atoms with Crippen LogP contribution in [0.25, 0.3) is 11.1 Å². The SMILES string of the molecule is O=C(Nc1ccc(NCCc2ccccn2)cc1)c1ccccc1-c1ccccc1Cl. The molecular weight excluding hydrogens is 406 g/mol. The Bertz CT molecular complexity index is 1160. The van der Waals surface area contributed by atoms with Crippen LogP contribution < -0.4 is 10.6 Å². The minimum absolute atomic E-state index is 0.175. The molecule has 0 fully saturated rings. The van der Waals surface area contributed by atoms with Crippen LogP contribution in [0.2, 0.25) is 5.02 Å². The first kappa shape index (κ1) is 20.6. The lowest BCUT2D eigenvalue weighted by Crippen LogP contribution is -2.13. The molecule has 154 valence electrons. The fraction of sp³-hybridized carbons (Fsp3) is 0.0769. The van der Waals surface area contributed by atoms with Crippen molar-refractivity contribution >= 4 is 28.9 Å². The Morgan fingerprint density at radius 2 is 1.45 bits per heavy atom. The van der Waals surface area contributed by atoms with E-state index in [0.717, 1.165) is 41.2 Å². The van der Waals surface area contributed by atoms with Gasteiger partial charge in [-0.15, -0.1) is 0 Å². The number of nitrogens with one attached hydrogen (secondary N) is 2. The summed E-state index contributed by atoms with van der Waals surface area (Å²) in [6.07, 6.45) is 2.65. The van der Waals surface area contributed by atoms with Gasteiger partial charge in [0.1, 0.15) is 0 Å². The van der Waals surface area contributed by atoms with Crippen LogP contribution in [0.4, 0.5) is 11.4 Å². The maximum absolute atomic E-state index is 13.0. The van der Waals surface area contributed by atoms with Gasteiger partial charge in [0, 0.05) is 52.4 Å². The third-order valence-corrected chi connectivity index (χ3v) is 5.24. The smallest absolute Gasteiger partial charge is 0.256 e. The summed E-state index contributed by atoms with van der Waals surface area (Å²) in [7, 11) is 0. The number of amides is 1. The first-order valence-corrected chi connectivity index (χ1v) is 10.5. The number of hydrogen-bond donors (Lipinski definition) is 2. The molecule has 4 aromatic rings. The molecule has 1 heterocycles. The van der Waals surface area contributed by atoms with Gasteiger partial charge in [0.05, 0.1) is 0 Å². The number of carbonyl (C=O) groups excluding carboxylic acids is 1. The largest absolute Gasteiger partial charge is 0.385 e. The average Bonchev–Trinajstić information content (AvgIpc) is 2.81. The number of halogens is 1. The van der Waals surface area contributed by atoms with Crippen molar-refractivity contribution in [1.82, 2.24) is 4.98 Å². The molecule has 0 aliphatic rings. The third-order valence-electron chi connectivity index (χ3n) is 4.91. The molecule has 0 aliphatic heterocycles. The molecule has 1 amide bonds.